The minimum Gasteiger partial charge on any atom is -0.458 e. The Bertz CT molecular complexity index is 777. The second-order valence-electron chi connectivity index (χ2n) is 8.15. The van der Waals surface area contributed by atoms with E-state index in [0.717, 1.165) is 12.1 Å². The van der Waals surface area contributed by atoms with Gasteiger partial charge >= 0.3 is 18.2 Å². The Balaban J connectivity index is 2.74. The highest BCUT2D eigenvalue weighted by Gasteiger charge is 2.30. The van der Waals surface area contributed by atoms with Gasteiger partial charge < -0.3 is 24.3 Å². The van der Waals surface area contributed by atoms with E-state index in [1.54, 1.807) is 41.5 Å². The van der Waals surface area contributed by atoms with Gasteiger partial charge in [0.15, 0.2) is 6.04 Å². The van der Waals surface area contributed by atoms with Crippen molar-refractivity contribution in [2.45, 2.75) is 58.8 Å². The fourth-order valence-corrected chi connectivity index (χ4v) is 1.90. The van der Waals surface area contributed by atoms with Crippen LogP contribution >= 0.6 is 0 Å². The molecule has 0 fully saturated rings. The molecule has 0 spiro atoms. The number of nitrogens with zero attached hydrogens (tertiary/aromatic N) is 1. The summed E-state index contributed by atoms with van der Waals surface area (Å²) in [5.74, 6) is -0.837. The van der Waals surface area contributed by atoms with Crippen LogP contribution in [0.2, 0.25) is 0 Å². The summed E-state index contributed by atoms with van der Waals surface area (Å²) in [6, 6.07) is 3.38. The van der Waals surface area contributed by atoms with Gasteiger partial charge in [-0.3, -0.25) is 10.1 Å². The van der Waals surface area contributed by atoms with Crippen molar-refractivity contribution in [1.29, 1.82) is 0 Å². The van der Waals surface area contributed by atoms with Crippen LogP contribution in [0.25, 0.3) is 0 Å². The van der Waals surface area contributed by atoms with Gasteiger partial charge in [-0.2, -0.15) is 0 Å². The van der Waals surface area contributed by atoms with E-state index in [9.17, 15) is 24.5 Å². The number of ether oxygens (including phenoxy) is 4. The van der Waals surface area contributed by atoms with E-state index in [0.29, 0.717) is 0 Å². The number of rotatable bonds is 6. The fraction of sp³-hybridized carbons (Fsp3) is 0.526. The third-order valence-electron chi connectivity index (χ3n) is 3.00. The molecule has 11 heteroatoms. The van der Waals surface area contributed by atoms with Gasteiger partial charge in [-0.1, -0.05) is 0 Å². The van der Waals surface area contributed by atoms with Crippen LogP contribution in [0.1, 0.15) is 41.5 Å². The molecule has 0 radical (unpaired) electrons. The predicted octanol–water partition coefficient (Wildman–Crippen LogP) is 3.35. The number of hydrogen-bond donors (Lipinski definition) is 1. The average Bonchev–Trinajstić information content (AvgIpc) is 2.55. The molecule has 1 amide bonds. The molecule has 30 heavy (non-hydrogen) atoms. The lowest BCUT2D eigenvalue weighted by Crippen LogP contribution is -2.48. The van der Waals surface area contributed by atoms with Gasteiger partial charge in [0.25, 0.3) is 5.69 Å². The molecule has 0 unspecified atom stereocenters. The zero-order chi connectivity index (χ0) is 23.1. The molecule has 1 aromatic carbocycles. The second-order valence-corrected chi connectivity index (χ2v) is 8.15. The van der Waals surface area contributed by atoms with E-state index in [-0.39, 0.29) is 11.4 Å². The maximum absolute atomic E-state index is 12.3. The van der Waals surface area contributed by atoms with Gasteiger partial charge in [-0.15, -0.1) is 0 Å². The highest BCUT2D eigenvalue weighted by atomic mass is 16.7. The zero-order valence-corrected chi connectivity index (χ0v) is 17.7. The van der Waals surface area contributed by atoms with Crippen LogP contribution < -0.4 is 10.1 Å². The molecule has 11 nitrogen and oxygen atoms in total. The highest BCUT2D eigenvalue weighted by Crippen LogP contribution is 2.18. The molecule has 1 rings (SSSR count). The van der Waals surface area contributed by atoms with Gasteiger partial charge in [-0.05, 0) is 53.7 Å². The largest absolute Gasteiger partial charge is 0.513 e. The van der Waals surface area contributed by atoms with Crippen molar-refractivity contribution in [3.63, 3.8) is 0 Å². The van der Waals surface area contributed by atoms with Gasteiger partial charge in [0, 0.05) is 12.1 Å². The van der Waals surface area contributed by atoms with Gasteiger partial charge in [0.1, 0.15) is 23.6 Å². The van der Waals surface area contributed by atoms with Gasteiger partial charge in [-0.25, -0.2) is 14.4 Å². The first-order valence-corrected chi connectivity index (χ1v) is 8.98. The van der Waals surface area contributed by atoms with Gasteiger partial charge in [0.05, 0.1) is 4.92 Å². The molecular weight excluding hydrogens is 400 g/mol. The number of esters is 1. The first-order valence-electron chi connectivity index (χ1n) is 8.98. The maximum Gasteiger partial charge on any atom is 0.513 e. The Morgan fingerprint density at radius 2 is 1.53 bits per heavy atom. The minimum absolute atomic E-state index is 0.000445. The summed E-state index contributed by atoms with van der Waals surface area (Å²) in [5.41, 5.74) is -1.83. The lowest BCUT2D eigenvalue weighted by molar-refractivity contribution is -0.384. The number of benzene rings is 1. The Kier molecular flexibility index (Phi) is 8.14. The summed E-state index contributed by atoms with van der Waals surface area (Å²) in [7, 11) is 0. The summed E-state index contributed by atoms with van der Waals surface area (Å²) in [6.45, 7) is 9.27. The van der Waals surface area contributed by atoms with Gasteiger partial charge in [0.2, 0.25) is 0 Å². The van der Waals surface area contributed by atoms with Crippen LogP contribution in [0.15, 0.2) is 24.3 Å². The normalized spacial score (nSPS) is 12.3. The quantitative estimate of drug-likeness (QED) is 0.238. The molecule has 0 saturated heterocycles. The molecule has 1 aromatic rings. The second kappa shape index (κ2) is 9.90. The van der Waals surface area contributed by atoms with E-state index in [1.807, 2.05) is 0 Å². The molecule has 0 aromatic heterocycles. The zero-order valence-electron chi connectivity index (χ0n) is 17.7. The number of carbonyl (C=O) groups excluding carboxylic acids is 3. The smallest absolute Gasteiger partial charge is 0.458 e. The van der Waals surface area contributed by atoms with Crippen LogP contribution in [0.5, 0.6) is 5.75 Å². The minimum atomic E-state index is -1.34. The summed E-state index contributed by atoms with van der Waals surface area (Å²) in [5, 5.41) is 12.9. The standard InChI is InChI=1S/C19H26N2O9/c1-18(2,3)29-15(22)14(20-16(23)30-19(4,5)6)11-27-17(24)28-13-9-7-12(8-10-13)21(25)26/h7-10,14H,11H2,1-6H3,(H,20,23)/t14-/m0/s1. The van der Waals surface area contributed by atoms with Crippen LogP contribution in [-0.4, -0.2) is 47.0 Å². The molecule has 1 N–H and O–H groups in total. The lowest BCUT2D eigenvalue weighted by atomic mass is 10.2. The first kappa shape index (κ1) is 24.7. The molecule has 0 heterocycles. The van der Waals surface area contributed by atoms with Crippen molar-refractivity contribution in [3.8, 4) is 5.75 Å². The third kappa shape index (κ3) is 9.71. The van der Waals surface area contributed by atoms with Crippen LogP contribution in [-0.2, 0) is 19.0 Å². The maximum atomic E-state index is 12.3. The Labute approximate surface area is 173 Å². The highest BCUT2D eigenvalue weighted by molar-refractivity contribution is 5.82. The summed E-state index contributed by atoms with van der Waals surface area (Å²) < 4.78 is 20.1. The fourth-order valence-electron chi connectivity index (χ4n) is 1.90. The van der Waals surface area contributed by atoms with Crippen molar-refractivity contribution >= 4 is 23.9 Å². The Morgan fingerprint density at radius 3 is 2.00 bits per heavy atom. The van der Waals surface area contributed by atoms with E-state index in [2.05, 4.69) is 5.32 Å². The lowest BCUT2D eigenvalue weighted by Gasteiger charge is -2.26. The molecule has 0 aliphatic heterocycles. The van der Waals surface area contributed by atoms with E-state index >= 15 is 0 Å². The SMILES string of the molecule is CC(C)(C)OC(=O)N[C@@H](COC(=O)Oc1ccc([N+](=O)[O-])cc1)C(=O)OC(C)(C)C. The molecule has 0 aliphatic carbocycles. The van der Waals surface area contributed by atoms with Crippen molar-refractivity contribution in [2.24, 2.45) is 0 Å². The number of nitro benzene ring substituents is 1. The number of carbonyl (C=O) groups is 3. The van der Waals surface area contributed by atoms with Crippen LogP contribution in [0.3, 0.4) is 0 Å². The Hall–Kier alpha value is -3.37. The summed E-state index contributed by atoms with van der Waals surface area (Å²) >= 11 is 0. The number of nitro groups is 1. The summed E-state index contributed by atoms with van der Waals surface area (Å²) in [6.07, 6.45) is -2.07. The van der Waals surface area contributed by atoms with Crippen LogP contribution in [0.4, 0.5) is 15.3 Å². The Morgan fingerprint density at radius 1 is 1.00 bits per heavy atom. The van der Waals surface area contributed by atoms with Crippen molar-refractivity contribution in [2.75, 3.05) is 6.61 Å². The molecular formula is C19H26N2O9. The topological polar surface area (TPSA) is 143 Å². The molecule has 166 valence electrons. The number of hydrogen-bond acceptors (Lipinski definition) is 9. The number of alkyl carbamates (subject to hydrolysis) is 1. The molecule has 0 saturated carbocycles. The third-order valence-corrected chi connectivity index (χ3v) is 3.00. The first-order chi connectivity index (χ1) is 13.7. The molecule has 0 aliphatic rings. The van der Waals surface area contributed by atoms with Crippen molar-refractivity contribution < 1.29 is 38.3 Å². The summed E-state index contributed by atoms with van der Waals surface area (Å²) in [4.78, 5) is 46.3. The van der Waals surface area contributed by atoms with E-state index in [4.69, 9.17) is 18.9 Å². The molecule has 1 atom stereocenters. The number of non-ortho nitro benzene ring substituents is 1. The van der Waals surface area contributed by atoms with E-state index in [1.165, 1.54) is 12.1 Å². The van der Waals surface area contributed by atoms with Crippen molar-refractivity contribution in [1.82, 2.24) is 5.32 Å². The van der Waals surface area contributed by atoms with Crippen molar-refractivity contribution in [3.05, 3.63) is 34.4 Å². The average molecular weight is 426 g/mol. The number of nitrogens with one attached hydrogen (secondary N) is 1. The molecule has 0 bridgehead atoms. The van der Waals surface area contributed by atoms with Crippen LogP contribution in [0, 0.1) is 10.1 Å². The number of amides is 1. The predicted molar refractivity (Wildman–Crippen MR) is 104 cm³/mol. The van der Waals surface area contributed by atoms with E-state index < -0.39 is 47.0 Å². The monoisotopic (exact) mass is 426 g/mol.